The first-order chi connectivity index (χ1) is 12.7. The number of ether oxygens (including phenoxy) is 1. The van der Waals surface area contributed by atoms with Gasteiger partial charge in [-0.3, -0.25) is 4.79 Å². The van der Waals surface area contributed by atoms with Gasteiger partial charge in [0.25, 0.3) is 5.91 Å². The van der Waals surface area contributed by atoms with E-state index in [9.17, 15) is 4.79 Å². The van der Waals surface area contributed by atoms with Gasteiger partial charge in [0.1, 0.15) is 17.8 Å². The normalized spacial score (nSPS) is 10.8. The molecule has 0 radical (unpaired) electrons. The standard InChI is InChI=1S/C19H22N4O3/c1-14-4-9-17(26-14)15-5-7-16(8-6-15)19(24)20-12-18-22-21-13-23(18)10-3-11-25-2/h4-9,13H,3,10-12H2,1-2H3,(H,20,24). The van der Waals surface area contributed by atoms with Crippen LogP contribution in [-0.4, -0.2) is 34.4 Å². The van der Waals surface area contributed by atoms with Crippen LogP contribution in [0, 0.1) is 6.92 Å². The smallest absolute Gasteiger partial charge is 0.251 e. The van der Waals surface area contributed by atoms with Crippen LogP contribution in [0.3, 0.4) is 0 Å². The molecule has 0 fully saturated rings. The number of amides is 1. The van der Waals surface area contributed by atoms with Gasteiger partial charge in [-0.1, -0.05) is 12.1 Å². The number of nitrogens with one attached hydrogen (secondary N) is 1. The van der Waals surface area contributed by atoms with Crippen LogP contribution in [0.1, 0.15) is 28.4 Å². The third-order valence-electron chi connectivity index (χ3n) is 4.02. The predicted molar refractivity (Wildman–Crippen MR) is 96.6 cm³/mol. The zero-order valence-corrected chi connectivity index (χ0v) is 14.9. The van der Waals surface area contributed by atoms with Crippen LogP contribution in [0.5, 0.6) is 0 Å². The molecule has 0 unspecified atom stereocenters. The Morgan fingerprint density at radius 3 is 2.73 bits per heavy atom. The van der Waals surface area contributed by atoms with E-state index >= 15 is 0 Å². The fourth-order valence-electron chi connectivity index (χ4n) is 2.62. The van der Waals surface area contributed by atoms with Crippen molar-refractivity contribution in [2.24, 2.45) is 0 Å². The molecule has 3 rings (SSSR count). The summed E-state index contributed by atoms with van der Waals surface area (Å²) in [5, 5.41) is 10.8. The zero-order chi connectivity index (χ0) is 18.4. The maximum absolute atomic E-state index is 12.4. The molecule has 1 aromatic carbocycles. The molecule has 3 aromatic rings. The van der Waals surface area contributed by atoms with Crippen molar-refractivity contribution in [2.75, 3.05) is 13.7 Å². The zero-order valence-electron chi connectivity index (χ0n) is 14.9. The second-order valence-corrected chi connectivity index (χ2v) is 5.96. The molecule has 2 aromatic heterocycles. The Labute approximate surface area is 152 Å². The third-order valence-corrected chi connectivity index (χ3v) is 4.02. The maximum Gasteiger partial charge on any atom is 0.251 e. The van der Waals surface area contributed by atoms with Gasteiger partial charge in [0.2, 0.25) is 0 Å². The first-order valence-electron chi connectivity index (χ1n) is 8.48. The van der Waals surface area contributed by atoms with E-state index in [4.69, 9.17) is 9.15 Å². The quantitative estimate of drug-likeness (QED) is 0.629. The van der Waals surface area contributed by atoms with E-state index in [0.29, 0.717) is 18.7 Å². The van der Waals surface area contributed by atoms with E-state index in [2.05, 4.69) is 15.5 Å². The van der Waals surface area contributed by atoms with Gasteiger partial charge in [-0.25, -0.2) is 0 Å². The molecule has 7 heteroatoms. The largest absolute Gasteiger partial charge is 0.461 e. The summed E-state index contributed by atoms with van der Waals surface area (Å²) in [6, 6.07) is 11.2. The molecule has 0 aliphatic heterocycles. The number of nitrogens with zero attached hydrogens (tertiary/aromatic N) is 3. The Kier molecular flexibility index (Phi) is 5.80. The Morgan fingerprint density at radius 1 is 1.23 bits per heavy atom. The summed E-state index contributed by atoms with van der Waals surface area (Å²) in [4.78, 5) is 12.4. The van der Waals surface area contributed by atoms with Gasteiger partial charge in [-0.15, -0.1) is 10.2 Å². The van der Waals surface area contributed by atoms with Crippen LogP contribution in [0.25, 0.3) is 11.3 Å². The fraction of sp³-hybridized carbons (Fsp3) is 0.316. The number of carbonyl (C=O) groups is 1. The van der Waals surface area contributed by atoms with Gasteiger partial charge >= 0.3 is 0 Å². The number of aromatic nitrogens is 3. The van der Waals surface area contributed by atoms with E-state index in [1.165, 1.54) is 0 Å². The van der Waals surface area contributed by atoms with E-state index in [1.54, 1.807) is 25.6 Å². The molecule has 0 bridgehead atoms. The molecule has 2 heterocycles. The number of rotatable bonds is 8. The summed E-state index contributed by atoms with van der Waals surface area (Å²) >= 11 is 0. The van der Waals surface area contributed by atoms with Crippen molar-refractivity contribution in [3.05, 3.63) is 59.9 Å². The first-order valence-corrected chi connectivity index (χ1v) is 8.48. The lowest BCUT2D eigenvalue weighted by Crippen LogP contribution is -2.24. The minimum Gasteiger partial charge on any atom is -0.461 e. The first kappa shape index (κ1) is 17.9. The molecular weight excluding hydrogens is 332 g/mol. The highest BCUT2D eigenvalue weighted by Gasteiger charge is 2.10. The molecule has 1 N–H and O–H groups in total. The molecule has 0 saturated heterocycles. The molecule has 0 saturated carbocycles. The van der Waals surface area contributed by atoms with E-state index in [-0.39, 0.29) is 5.91 Å². The van der Waals surface area contributed by atoms with E-state index in [0.717, 1.165) is 35.9 Å². The van der Waals surface area contributed by atoms with Crippen LogP contribution in [0.15, 0.2) is 47.1 Å². The molecule has 136 valence electrons. The van der Waals surface area contributed by atoms with Crippen LogP contribution >= 0.6 is 0 Å². The molecule has 7 nitrogen and oxygen atoms in total. The second kappa shape index (κ2) is 8.44. The number of hydrogen-bond donors (Lipinski definition) is 1. The summed E-state index contributed by atoms with van der Waals surface area (Å²) in [5.74, 6) is 2.21. The lowest BCUT2D eigenvalue weighted by Gasteiger charge is -2.08. The average molecular weight is 354 g/mol. The number of methoxy groups -OCH3 is 1. The van der Waals surface area contributed by atoms with Gasteiger partial charge in [-0.2, -0.15) is 0 Å². The summed E-state index contributed by atoms with van der Waals surface area (Å²) in [6.45, 7) is 3.65. The molecule has 0 aliphatic carbocycles. The summed E-state index contributed by atoms with van der Waals surface area (Å²) < 4.78 is 12.6. The monoisotopic (exact) mass is 354 g/mol. The molecule has 0 atom stereocenters. The van der Waals surface area contributed by atoms with Gasteiger partial charge in [-0.05, 0) is 37.6 Å². The summed E-state index contributed by atoms with van der Waals surface area (Å²) in [5.41, 5.74) is 1.52. The lowest BCUT2D eigenvalue weighted by atomic mass is 10.1. The van der Waals surface area contributed by atoms with Crippen molar-refractivity contribution >= 4 is 5.91 Å². The van der Waals surface area contributed by atoms with Crippen LogP contribution in [0.4, 0.5) is 0 Å². The van der Waals surface area contributed by atoms with Crippen LogP contribution in [0.2, 0.25) is 0 Å². The Hall–Kier alpha value is -2.93. The highest BCUT2D eigenvalue weighted by Crippen LogP contribution is 2.22. The number of furan rings is 1. The number of benzene rings is 1. The highest BCUT2D eigenvalue weighted by molar-refractivity contribution is 5.94. The van der Waals surface area contributed by atoms with Crippen molar-refractivity contribution < 1.29 is 13.9 Å². The van der Waals surface area contributed by atoms with Crippen LogP contribution < -0.4 is 5.32 Å². The molecule has 1 amide bonds. The molecular formula is C19H22N4O3. The Bertz CT molecular complexity index is 852. The predicted octanol–water partition coefficient (Wildman–Crippen LogP) is 2.81. The van der Waals surface area contributed by atoms with Gasteiger partial charge in [0.05, 0.1) is 6.54 Å². The van der Waals surface area contributed by atoms with Gasteiger partial charge in [0.15, 0.2) is 5.82 Å². The Morgan fingerprint density at radius 2 is 2.04 bits per heavy atom. The van der Waals surface area contributed by atoms with E-state index in [1.807, 2.05) is 35.8 Å². The average Bonchev–Trinajstić information content (AvgIpc) is 3.29. The highest BCUT2D eigenvalue weighted by atomic mass is 16.5. The van der Waals surface area contributed by atoms with Crippen molar-refractivity contribution in [1.82, 2.24) is 20.1 Å². The third kappa shape index (κ3) is 4.37. The minimum absolute atomic E-state index is 0.154. The summed E-state index contributed by atoms with van der Waals surface area (Å²) in [6.07, 6.45) is 2.53. The number of aryl methyl sites for hydroxylation is 2. The van der Waals surface area contributed by atoms with Crippen molar-refractivity contribution in [2.45, 2.75) is 26.4 Å². The van der Waals surface area contributed by atoms with Crippen molar-refractivity contribution in [1.29, 1.82) is 0 Å². The van der Waals surface area contributed by atoms with Gasteiger partial charge < -0.3 is 19.0 Å². The topological polar surface area (TPSA) is 82.2 Å². The molecule has 0 aliphatic rings. The minimum atomic E-state index is -0.154. The summed E-state index contributed by atoms with van der Waals surface area (Å²) in [7, 11) is 1.67. The van der Waals surface area contributed by atoms with Crippen molar-refractivity contribution in [3.63, 3.8) is 0 Å². The SMILES string of the molecule is COCCCn1cnnc1CNC(=O)c1ccc(-c2ccc(C)o2)cc1. The molecule has 0 spiro atoms. The second-order valence-electron chi connectivity index (χ2n) is 5.96. The maximum atomic E-state index is 12.4. The van der Waals surface area contributed by atoms with Crippen molar-refractivity contribution in [3.8, 4) is 11.3 Å². The number of hydrogen-bond acceptors (Lipinski definition) is 5. The number of carbonyl (C=O) groups excluding carboxylic acids is 1. The fourth-order valence-corrected chi connectivity index (χ4v) is 2.62. The van der Waals surface area contributed by atoms with Gasteiger partial charge in [0, 0.05) is 31.4 Å². The van der Waals surface area contributed by atoms with E-state index < -0.39 is 0 Å². The lowest BCUT2D eigenvalue weighted by molar-refractivity contribution is 0.0949. The molecule has 26 heavy (non-hydrogen) atoms. The Balaban J connectivity index is 1.58. The van der Waals surface area contributed by atoms with Crippen LogP contribution in [-0.2, 0) is 17.8 Å².